The summed E-state index contributed by atoms with van der Waals surface area (Å²) < 4.78 is 5.11. The van der Waals surface area contributed by atoms with Gasteiger partial charge < -0.3 is 4.74 Å². The third-order valence-corrected chi connectivity index (χ3v) is 3.60. The van der Waals surface area contributed by atoms with E-state index in [0.29, 0.717) is 12.1 Å². The Hall–Kier alpha value is -2.20. The lowest BCUT2D eigenvalue weighted by Gasteiger charge is -2.23. The largest absolute Gasteiger partial charge is 0.497 e. The number of pyridine rings is 1. The van der Waals surface area contributed by atoms with Crippen molar-refractivity contribution in [2.45, 2.75) is 19.5 Å². The van der Waals surface area contributed by atoms with Gasteiger partial charge in [-0.1, -0.05) is 0 Å². The molecule has 2 rings (SSSR count). The van der Waals surface area contributed by atoms with Crippen molar-refractivity contribution >= 4 is 5.78 Å². The molecule has 0 bridgehead atoms. The van der Waals surface area contributed by atoms with Gasteiger partial charge in [0.05, 0.1) is 13.2 Å². The van der Waals surface area contributed by atoms with Gasteiger partial charge in [0, 0.05) is 24.5 Å². The van der Waals surface area contributed by atoms with Crippen LogP contribution in [0.4, 0.5) is 0 Å². The molecule has 0 aliphatic carbocycles. The molecule has 2 aromatic rings. The molecule has 0 N–H and O–H groups in total. The zero-order valence-electron chi connectivity index (χ0n) is 12.6. The van der Waals surface area contributed by atoms with E-state index in [1.807, 2.05) is 43.1 Å². The van der Waals surface area contributed by atoms with Crippen LogP contribution in [0.1, 0.15) is 22.8 Å². The highest BCUT2D eigenvalue weighted by molar-refractivity contribution is 5.99. The summed E-state index contributed by atoms with van der Waals surface area (Å²) in [7, 11) is 3.56. The van der Waals surface area contributed by atoms with Crippen LogP contribution in [0, 0.1) is 0 Å². The molecule has 0 fully saturated rings. The second kappa shape index (κ2) is 6.99. The van der Waals surface area contributed by atoms with Gasteiger partial charge in [-0.2, -0.15) is 0 Å². The van der Waals surface area contributed by atoms with E-state index in [1.165, 1.54) is 0 Å². The van der Waals surface area contributed by atoms with Crippen LogP contribution in [0.2, 0.25) is 0 Å². The van der Waals surface area contributed by atoms with Crippen LogP contribution in [-0.2, 0) is 6.54 Å². The average Bonchev–Trinajstić information content (AvgIpc) is 2.54. The van der Waals surface area contributed by atoms with E-state index in [2.05, 4.69) is 4.98 Å². The number of benzene rings is 1. The average molecular weight is 284 g/mol. The van der Waals surface area contributed by atoms with Crippen LogP contribution in [0.5, 0.6) is 5.75 Å². The van der Waals surface area contributed by atoms with Crippen molar-refractivity contribution in [1.29, 1.82) is 0 Å². The molecule has 1 unspecified atom stereocenters. The molecule has 0 radical (unpaired) electrons. The van der Waals surface area contributed by atoms with E-state index in [-0.39, 0.29) is 11.8 Å². The summed E-state index contributed by atoms with van der Waals surface area (Å²) in [6, 6.07) is 11.0. The number of likely N-dealkylation sites (N-methyl/N-ethyl adjacent to an activating group) is 1. The van der Waals surface area contributed by atoms with Crippen LogP contribution in [0.15, 0.2) is 48.8 Å². The second-order valence-corrected chi connectivity index (χ2v) is 5.04. The molecule has 0 aliphatic rings. The van der Waals surface area contributed by atoms with Gasteiger partial charge in [-0.05, 0) is 55.9 Å². The van der Waals surface area contributed by atoms with Crippen LogP contribution in [0.25, 0.3) is 0 Å². The highest BCUT2D eigenvalue weighted by Crippen LogP contribution is 2.15. The maximum absolute atomic E-state index is 12.5. The Labute approximate surface area is 125 Å². The molecule has 21 heavy (non-hydrogen) atoms. The predicted molar refractivity (Wildman–Crippen MR) is 82.5 cm³/mol. The molecule has 0 saturated carbocycles. The molecule has 4 nitrogen and oxygen atoms in total. The summed E-state index contributed by atoms with van der Waals surface area (Å²) in [5.74, 6) is 0.860. The number of methoxy groups -OCH3 is 1. The third-order valence-electron chi connectivity index (χ3n) is 3.60. The molecule has 0 aliphatic heterocycles. The lowest BCUT2D eigenvalue weighted by Crippen LogP contribution is -2.35. The standard InChI is InChI=1S/C17H20N2O2/c1-13(19(2)12-14-8-10-18-11-9-14)17(20)15-4-6-16(21-3)7-5-15/h4-11,13H,12H2,1-3H3. The minimum atomic E-state index is -0.188. The van der Waals surface area contributed by atoms with Crippen LogP contribution in [-0.4, -0.2) is 35.9 Å². The SMILES string of the molecule is COc1ccc(C(=O)C(C)N(C)Cc2ccncc2)cc1. The molecule has 1 atom stereocenters. The van der Waals surface area contributed by atoms with Gasteiger partial charge in [0.2, 0.25) is 0 Å². The molecule has 0 spiro atoms. The van der Waals surface area contributed by atoms with Gasteiger partial charge in [0.15, 0.2) is 5.78 Å². The van der Waals surface area contributed by atoms with E-state index in [1.54, 1.807) is 31.6 Å². The van der Waals surface area contributed by atoms with Gasteiger partial charge in [-0.15, -0.1) is 0 Å². The molecular formula is C17H20N2O2. The van der Waals surface area contributed by atoms with Crippen molar-refractivity contribution in [1.82, 2.24) is 9.88 Å². The van der Waals surface area contributed by atoms with Gasteiger partial charge in [0.1, 0.15) is 5.75 Å². The first-order chi connectivity index (χ1) is 10.1. The number of hydrogen-bond acceptors (Lipinski definition) is 4. The third kappa shape index (κ3) is 3.89. The number of ketones is 1. The zero-order valence-corrected chi connectivity index (χ0v) is 12.6. The highest BCUT2D eigenvalue weighted by Gasteiger charge is 2.19. The first kappa shape index (κ1) is 15.2. The Morgan fingerprint density at radius 1 is 1.19 bits per heavy atom. The minimum Gasteiger partial charge on any atom is -0.497 e. The molecule has 110 valence electrons. The van der Waals surface area contributed by atoms with Crippen molar-refractivity contribution in [3.05, 3.63) is 59.9 Å². The number of carbonyl (C=O) groups is 1. The molecule has 4 heteroatoms. The van der Waals surface area contributed by atoms with Crippen molar-refractivity contribution in [3.8, 4) is 5.75 Å². The predicted octanol–water partition coefficient (Wildman–Crippen LogP) is 2.79. The minimum absolute atomic E-state index is 0.106. The summed E-state index contributed by atoms with van der Waals surface area (Å²) in [4.78, 5) is 18.5. The Bertz CT molecular complexity index is 581. The maximum Gasteiger partial charge on any atom is 0.179 e. The maximum atomic E-state index is 12.5. The summed E-state index contributed by atoms with van der Waals surface area (Å²) in [5, 5.41) is 0. The molecular weight excluding hydrogens is 264 g/mol. The van der Waals surface area contributed by atoms with E-state index >= 15 is 0 Å². The van der Waals surface area contributed by atoms with Crippen molar-refractivity contribution in [2.75, 3.05) is 14.2 Å². The number of ether oxygens (including phenoxy) is 1. The second-order valence-electron chi connectivity index (χ2n) is 5.04. The normalized spacial score (nSPS) is 12.2. The Kier molecular flexibility index (Phi) is 5.06. The van der Waals surface area contributed by atoms with Gasteiger partial charge >= 0.3 is 0 Å². The number of nitrogens with zero attached hydrogens (tertiary/aromatic N) is 2. The number of rotatable bonds is 6. The fraction of sp³-hybridized carbons (Fsp3) is 0.294. The molecule has 1 aromatic carbocycles. The lowest BCUT2D eigenvalue weighted by atomic mass is 10.0. The molecule has 1 aromatic heterocycles. The summed E-state index contributed by atoms with van der Waals surface area (Å²) in [5.41, 5.74) is 1.84. The first-order valence-corrected chi connectivity index (χ1v) is 6.89. The molecule has 0 amide bonds. The fourth-order valence-corrected chi connectivity index (χ4v) is 2.11. The topological polar surface area (TPSA) is 42.4 Å². The molecule has 1 heterocycles. The summed E-state index contributed by atoms with van der Waals surface area (Å²) in [6.07, 6.45) is 3.53. The number of hydrogen-bond donors (Lipinski definition) is 0. The summed E-state index contributed by atoms with van der Waals surface area (Å²) in [6.45, 7) is 2.64. The smallest absolute Gasteiger partial charge is 0.179 e. The van der Waals surface area contributed by atoms with E-state index < -0.39 is 0 Å². The number of Topliss-reactive ketones (excluding diaryl/α,β-unsaturated/α-hetero) is 1. The number of carbonyl (C=O) groups excluding carboxylic acids is 1. The van der Waals surface area contributed by atoms with Crippen molar-refractivity contribution < 1.29 is 9.53 Å². The Balaban J connectivity index is 2.03. The Morgan fingerprint density at radius 2 is 1.81 bits per heavy atom. The first-order valence-electron chi connectivity index (χ1n) is 6.89. The van der Waals surface area contributed by atoms with Gasteiger partial charge in [0.25, 0.3) is 0 Å². The highest BCUT2D eigenvalue weighted by atomic mass is 16.5. The van der Waals surface area contributed by atoms with Crippen LogP contribution < -0.4 is 4.74 Å². The van der Waals surface area contributed by atoms with Gasteiger partial charge in [-0.3, -0.25) is 14.7 Å². The fourth-order valence-electron chi connectivity index (χ4n) is 2.11. The van der Waals surface area contributed by atoms with E-state index in [4.69, 9.17) is 4.74 Å². The quantitative estimate of drug-likeness (QED) is 0.765. The molecule has 0 saturated heterocycles. The monoisotopic (exact) mass is 284 g/mol. The lowest BCUT2D eigenvalue weighted by molar-refractivity contribution is 0.0862. The van der Waals surface area contributed by atoms with E-state index in [0.717, 1.165) is 11.3 Å². The number of aromatic nitrogens is 1. The van der Waals surface area contributed by atoms with Crippen LogP contribution in [0.3, 0.4) is 0 Å². The van der Waals surface area contributed by atoms with E-state index in [9.17, 15) is 4.79 Å². The van der Waals surface area contributed by atoms with Crippen LogP contribution >= 0.6 is 0 Å². The van der Waals surface area contributed by atoms with Crippen molar-refractivity contribution in [2.24, 2.45) is 0 Å². The van der Waals surface area contributed by atoms with Gasteiger partial charge in [-0.25, -0.2) is 0 Å². The zero-order chi connectivity index (χ0) is 15.2. The summed E-state index contributed by atoms with van der Waals surface area (Å²) >= 11 is 0. The Morgan fingerprint density at radius 3 is 2.38 bits per heavy atom. The van der Waals surface area contributed by atoms with Crippen molar-refractivity contribution in [3.63, 3.8) is 0 Å².